The van der Waals surface area contributed by atoms with Gasteiger partial charge in [0.2, 0.25) is 0 Å². The topological polar surface area (TPSA) is 57.9 Å². The van der Waals surface area contributed by atoms with E-state index in [1.54, 1.807) is 0 Å². The van der Waals surface area contributed by atoms with Gasteiger partial charge in [0.25, 0.3) is 0 Å². The Morgan fingerprint density at radius 1 is 0.938 bits per heavy atom. The number of aliphatic hydroxyl groups excluding tert-OH is 2. The third-order valence-corrected chi connectivity index (χ3v) is 11.0. The molecule has 32 heavy (non-hydrogen) atoms. The first kappa shape index (κ1) is 21.6. The van der Waals surface area contributed by atoms with Crippen molar-refractivity contribution in [3.63, 3.8) is 0 Å². The Balaban J connectivity index is 1.33. The fraction of sp³-hybridized carbons (Fsp3) is 0.852. The summed E-state index contributed by atoms with van der Waals surface area (Å²) < 4.78 is 7.94. The Kier molecular flexibility index (Phi) is 5.48. The number of fused-ring (bicyclic) bond motifs is 5. The SMILES string of the molecule is C[C@]12CCC(O)CC1CC[C@H]1[C@@H]3CC(n4cccc4)C(O)[C@@]3(CN3CCOCC3)CC[C@@H]12. The minimum Gasteiger partial charge on any atom is -0.393 e. The Morgan fingerprint density at radius 2 is 1.72 bits per heavy atom. The van der Waals surface area contributed by atoms with E-state index >= 15 is 0 Å². The molecular weight excluding hydrogens is 400 g/mol. The lowest BCUT2D eigenvalue weighted by Crippen LogP contribution is -2.58. The molecule has 6 rings (SSSR count). The third-order valence-electron chi connectivity index (χ3n) is 11.0. The number of ether oxygens (including phenoxy) is 1. The molecule has 1 aromatic heterocycles. The van der Waals surface area contributed by atoms with Crippen LogP contribution >= 0.6 is 0 Å². The minimum atomic E-state index is -0.276. The third kappa shape index (κ3) is 3.25. The van der Waals surface area contributed by atoms with E-state index in [2.05, 4.69) is 40.9 Å². The summed E-state index contributed by atoms with van der Waals surface area (Å²) in [6.07, 6.45) is 13.2. The standard InChI is InChI=1S/C27H42N2O3/c1-26-8-6-20(30)16-19(26)4-5-21-22(26)7-9-27(18-28-12-14-32-15-13-28)23(21)17-24(25(27)31)29-10-2-3-11-29/h2-3,10-11,19-25,30-31H,4-9,12-18H2,1H3/t19?,20?,21-,22+,23+,24?,25?,26+,27-/m1/s1. The molecule has 5 heteroatoms. The zero-order valence-electron chi connectivity index (χ0n) is 19.7. The van der Waals surface area contributed by atoms with E-state index in [1.165, 1.54) is 25.7 Å². The summed E-state index contributed by atoms with van der Waals surface area (Å²) in [5.74, 6) is 2.76. The molecule has 0 aromatic carbocycles. The smallest absolute Gasteiger partial charge is 0.0818 e. The lowest BCUT2D eigenvalue weighted by Gasteiger charge is -2.61. The second-order valence-corrected chi connectivity index (χ2v) is 12.1. The fourth-order valence-electron chi connectivity index (χ4n) is 9.35. The molecule has 4 saturated carbocycles. The van der Waals surface area contributed by atoms with Crippen LogP contribution in [0.15, 0.2) is 24.5 Å². The number of nitrogens with zero attached hydrogens (tertiary/aromatic N) is 2. The largest absolute Gasteiger partial charge is 0.393 e. The van der Waals surface area contributed by atoms with Gasteiger partial charge in [-0.05, 0) is 92.6 Å². The van der Waals surface area contributed by atoms with Crippen LogP contribution in [0.3, 0.4) is 0 Å². The van der Waals surface area contributed by atoms with Crippen LogP contribution in [0.2, 0.25) is 0 Å². The number of hydrogen-bond donors (Lipinski definition) is 2. The molecule has 4 unspecified atom stereocenters. The quantitative estimate of drug-likeness (QED) is 0.749. The summed E-state index contributed by atoms with van der Waals surface area (Å²) in [5.41, 5.74) is 0.384. The summed E-state index contributed by atoms with van der Waals surface area (Å²) >= 11 is 0. The molecule has 5 aliphatic rings. The average molecular weight is 443 g/mol. The van der Waals surface area contributed by atoms with Crippen LogP contribution in [0.1, 0.15) is 64.3 Å². The van der Waals surface area contributed by atoms with Gasteiger partial charge in [-0.2, -0.15) is 0 Å². The summed E-state index contributed by atoms with van der Waals surface area (Å²) in [4.78, 5) is 2.59. The highest BCUT2D eigenvalue weighted by molar-refractivity contribution is 5.15. The van der Waals surface area contributed by atoms with Gasteiger partial charge >= 0.3 is 0 Å². The maximum Gasteiger partial charge on any atom is 0.0818 e. The predicted octanol–water partition coefficient (Wildman–Crippen LogP) is 3.72. The van der Waals surface area contributed by atoms with Gasteiger partial charge in [0.05, 0.1) is 31.5 Å². The molecule has 4 aliphatic carbocycles. The van der Waals surface area contributed by atoms with Crippen LogP contribution in [0.25, 0.3) is 0 Å². The van der Waals surface area contributed by atoms with E-state index in [0.29, 0.717) is 17.3 Å². The van der Waals surface area contributed by atoms with Crippen molar-refractivity contribution in [2.75, 3.05) is 32.8 Å². The molecular formula is C27H42N2O3. The second kappa shape index (κ2) is 8.11. The highest BCUT2D eigenvalue weighted by Gasteiger charge is 2.64. The Morgan fingerprint density at radius 3 is 2.50 bits per heavy atom. The normalized spacial score (nSPS) is 49.3. The van der Waals surface area contributed by atoms with Crippen molar-refractivity contribution < 1.29 is 14.9 Å². The fourth-order valence-corrected chi connectivity index (χ4v) is 9.35. The van der Waals surface area contributed by atoms with Crippen molar-refractivity contribution in [1.29, 1.82) is 0 Å². The Labute approximate surface area is 193 Å². The summed E-state index contributed by atoms with van der Waals surface area (Å²) in [7, 11) is 0. The van der Waals surface area contributed by atoms with Crippen molar-refractivity contribution >= 4 is 0 Å². The molecule has 0 radical (unpaired) electrons. The second-order valence-electron chi connectivity index (χ2n) is 12.1. The van der Waals surface area contributed by atoms with Crippen molar-refractivity contribution in [1.82, 2.24) is 9.47 Å². The van der Waals surface area contributed by atoms with Gasteiger partial charge in [-0.15, -0.1) is 0 Å². The van der Waals surface area contributed by atoms with Gasteiger partial charge in [-0.3, -0.25) is 4.90 Å². The van der Waals surface area contributed by atoms with Crippen LogP contribution < -0.4 is 0 Å². The zero-order valence-corrected chi connectivity index (χ0v) is 19.7. The molecule has 2 heterocycles. The summed E-state index contributed by atoms with van der Waals surface area (Å²) in [6, 6.07) is 4.41. The molecule has 5 fully saturated rings. The van der Waals surface area contributed by atoms with E-state index in [0.717, 1.165) is 70.4 Å². The molecule has 178 valence electrons. The number of hydrogen-bond acceptors (Lipinski definition) is 4. The average Bonchev–Trinajstić information content (AvgIpc) is 3.42. The molecule has 0 bridgehead atoms. The number of aliphatic hydroxyl groups is 2. The molecule has 0 amide bonds. The lowest BCUT2D eigenvalue weighted by atomic mass is 9.45. The lowest BCUT2D eigenvalue weighted by molar-refractivity contribution is -0.148. The van der Waals surface area contributed by atoms with Crippen molar-refractivity contribution in [2.24, 2.45) is 34.5 Å². The summed E-state index contributed by atoms with van der Waals surface area (Å²) in [5, 5.41) is 22.3. The van der Waals surface area contributed by atoms with Gasteiger partial charge in [-0.1, -0.05) is 6.92 Å². The molecule has 0 spiro atoms. The summed E-state index contributed by atoms with van der Waals surface area (Å²) in [6.45, 7) is 7.24. The predicted molar refractivity (Wildman–Crippen MR) is 124 cm³/mol. The maximum absolute atomic E-state index is 11.9. The maximum atomic E-state index is 11.9. The van der Waals surface area contributed by atoms with E-state index in [-0.39, 0.29) is 23.7 Å². The van der Waals surface area contributed by atoms with E-state index in [9.17, 15) is 10.2 Å². The highest BCUT2D eigenvalue weighted by Crippen LogP contribution is 2.67. The number of aromatic nitrogens is 1. The molecule has 9 atom stereocenters. The first-order chi connectivity index (χ1) is 15.5. The van der Waals surface area contributed by atoms with Crippen molar-refractivity contribution in [3.05, 3.63) is 24.5 Å². The van der Waals surface area contributed by atoms with Gasteiger partial charge < -0.3 is 19.5 Å². The molecule has 5 nitrogen and oxygen atoms in total. The van der Waals surface area contributed by atoms with E-state index < -0.39 is 0 Å². The monoisotopic (exact) mass is 442 g/mol. The number of rotatable bonds is 3. The Hall–Kier alpha value is -0.880. The Bertz CT molecular complexity index is 793. The van der Waals surface area contributed by atoms with E-state index in [4.69, 9.17) is 4.74 Å². The minimum absolute atomic E-state index is 0.00478. The van der Waals surface area contributed by atoms with Crippen LogP contribution in [0, 0.1) is 34.5 Å². The van der Waals surface area contributed by atoms with Crippen molar-refractivity contribution in [3.8, 4) is 0 Å². The molecule has 2 N–H and O–H groups in total. The van der Waals surface area contributed by atoms with Crippen LogP contribution in [0.5, 0.6) is 0 Å². The first-order valence-electron chi connectivity index (χ1n) is 13.3. The number of morpholine rings is 1. The highest BCUT2D eigenvalue weighted by atomic mass is 16.5. The van der Waals surface area contributed by atoms with E-state index in [1.807, 2.05) is 0 Å². The van der Waals surface area contributed by atoms with Gasteiger partial charge in [0.1, 0.15) is 0 Å². The van der Waals surface area contributed by atoms with Crippen LogP contribution in [-0.4, -0.2) is 64.7 Å². The zero-order chi connectivity index (χ0) is 21.9. The molecule has 1 aromatic rings. The molecule has 1 saturated heterocycles. The first-order valence-corrected chi connectivity index (χ1v) is 13.3. The van der Waals surface area contributed by atoms with Crippen molar-refractivity contribution in [2.45, 2.75) is 76.5 Å². The van der Waals surface area contributed by atoms with Gasteiger partial charge in [-0.25, -0.2) is 0 Å². The van der Waals surface area contributed by atoms with Gasteiger partial charge in [0.15, 0.2) is 0 Å². The van der Waals surface area contributed by atoms with Crippen LogP contribution in [-0.2, 0) is 4.74 Å². The molecule has 1 aliphatic heterocycles. The van der Waals surface area contributed by atoms with Crippen LogP contribution in [0.4, 0.5) is 0 Å². The van der Waals surface area contributed by atoms with Gasteiger partial charge in [0, 0.05) is 37.4 Å².